The van der Waals surface area contributed by atoms with Crippen LogP contribution in [0, 0.1) is 0 Å². The first-order valence-corrected chi connectivity index (χ1v) is 8.59. The second kappa shape index (κ2) is 6.62. The van der Waals surface area contributed by atoms with Gasteiger partial charge in [0.1, 0.15) is 6.33 Å². The Morgan fingerprint density at radius 3 is 2.69 bits per heavy atom. The molecule has 2 aromatic heterocycles. The molecule has 134 valence electrons. The summed E-state index contributed by atoms with van der Waals surface area (Å²) in [5.74, 6) is 0.0828. The van der Waals surface area contributed by atoms with Crippen molar-refractivity contribution in [2.45, 2.75) is 0 Å². The molecule has 8 nitrogen and oxygen atoms in total. The summed E-state index contributed by atoms with van der Waals surface area (Å²) in [5, 5.41) is 12.2. The number of amides is 1. The van der Waals surface area contributed by atoms with E-state index in [1.54, 1.807) is 10.8 Å². The van der Waals surface area contributed by atoms with E-state index in [9.17, 15) is 4.79 Å². The highest BCUT2D eigenvalue weighted by Gasteiger charge is 2.23. The smallest absolute Gasteiger partial charge is 0.254 e. The molecule has 1 aliphatic heterocycles. The Morgan fingerprint density at radius 1 is 1.12 bits per heavy atom. The Labute approximate surface area is 151 Å². The van der Waals surface area contributed by atoms with Crippen LogP contribution in [0.3, 0.4) is 0 Å². The van der Waals surface area contributed by atoms with E-state index in [1.165, 1.54) is 0 Å². The minimum atomic E-state index is 0.0828. The number of piperazine rings is 1. The van der Waals surface area contributed by atoms with Crippen molar-refractivity contribution in [3.63, 3.8) is 0 Å². The van der Waals surface area contributed by atoms with Crippen LogP contribution in [-0.2, 0) is 0 Å². The van der Waals surface area contributed by atoms with Gasteiger partial charge >= 0.3 is 0 Å². The van der Waals surface area contributed by atoms with Crippen molar-refractivity contribution in [3.05, 3.63) is 48.4 Å². The molecular formula is C18H21N7O. The number of hydrogen-bond acceptors (Lipinski definition) is 6. The quantitative estimate of drug-likeness (QED) is 0.705. The Kier molecular flexibility index (Phi) is 4.16. The van der Waals surface area contributed by atoms with Crippen LogP contribution >= 0.6 is 0 Å². The van der Waals surface area contributed by atoms with Crippen molar-refractivity contribution < 1.29 is 4.79 Å². The van der Waals surface area contributed by atoms with Gasteiger partial charge in [-0.25, -0.2) is 4.52 Å². The number of carbonyl (C=O) groups excluding carboxylic acids is 1. The average molecular weight is 351 g/mol. The van der Waals surface area contributed by atoms with E-state index in [1.807, 2.05) is 60.4 Å². The minimum absolute atomic E-state index is 0.0828. The molecule has 1 aliphatic rings. The zero-order chi connectivity index (χ0) is 18.1. The fraction of sp³-hybridized carbons (Fsp3) is 0.333. The maximum absolute atomic E-state index is 12.8. The summed E-state index contributed by atoms with van der Waals surface area (Å²) < 4.78 is 1.64. The molecule has 0 atom stereocenters. The molecule has 26 heavy (non-hydrogen) atoms. The third-order valence-electron chi connectivity index (χ3n) is 4.69. The van der Waals surface area contributed by atoms with Gasteiger partial charge in [-0.2, -0.15) is 5.10 Å². The van der Waals surface area contributed by atoms with Crippen LogP contribution in [0.2, 0.25) is 0 Å². The monoisotopic (exact) mass is 351 g/mol. The first kappa shape index (κ1) is 16.3. The van der Waals surface area contributed by atoms with Crippen LogP contribution in [-0.4, -0.2) is 70.9 Å². The van der Waals surface area contributed by atoms with E-state index in [4.69, 9.17) is 0 Å². The normalized spacial score (nSPS) is 14.7. The maximum atomic E-state index is 12.8. The zero-order valence-electron chi connectivity index (χ0n) is 14.9. The average Bonchev–Trinajstić information content (AvgIpc) is 3.15. The van der Waals surface area contributed by atoms with Crippen LogP contribution in [0.5, 0.6) is 0 Å². The lowest BCUT2D eigenvalue weighted by Crippen LogP contribution is -2.48. The molecule has 3 aromatic rings. The molecule has 0 unspecified atom stereocenters. The molecule has 1 amide bonds. The predicted octanol–water partition coefficient (Wildman–Crippen LogP) is 1.15. The van der Waals surface area contributed by atoms with Crippen LogP contribution < -0.4 is 9.80 Å². The molecule has 0 spiro atoms. The largest absolute Gasteiger partial charge is 0.378 e. The summed E-state index contributed by atoms with van der Waals surface area (Å²) in [4.78, 5) is 19.0. The number of anilines is 2. The highest BCUT2D eigenvalue weighted by Crippen LogP contribution is 2.19. The molecule has 0 N–H and O–H groups in total. The third kappa shape index (κ3) is 3.05. The van der Waals surface area contributed by atoms with Gasteiger partial charge in [-0.1, -0.05) is 6.07 Å². The molecule has 1 saturated heterocycles. The lowest BCUT2D eigenvalue weighted by Gasteiger charge is -2.36. The van der Waals surface area contributed by atoms with Gasteiger partial charge < -0.3 is 14.7 Å². The Morgan fingerprint density at radius 2 is 1.92 bits per heavy atom. The summed E-state index contributed by atoms with van der Waals surface area (Å²) in [5.41, 5.74) is 3.49. The first-order chi connectivity index (χ1) is 12.6. The molecule has 0 aliphatic carbocycles. The van der Waals surface area contributed by atoms with E-state index in [0.29, 0.717) is 13.1 Å². The number of rotatable bonds is 3. The number of benzene rings is 1. The van der Waals surface area contributed by atoms with Crippen molar-refractivity contribution in [2.75, 3.05) is 50.1 Å². The Bertz CT molecular complexity index is 928. The molecular weight excluding hydrogens is 330 g/mol. The molecule has 0 saturated carbocycles. The van der Waals surface area contributed by atoms with E-state index < -0.39 is 0 Å². The highest BCUT2D eigenvalue weighted by molar-refractivity contribution is 5.95. The zero-order valence-corrected chi connectivity index (χ0v) is 14.9. The van der Waals surface area contributed by atoms with E-state index >= 15 is 0 Å². The molecule has 8 heteroatoms. The lowest BCUT2D eigenvalue weighted by molar-refractivity contribution is 0.0747. The van der Waals surface area contributed by atoms with Gasteiger partial charge in [0, 0.05) is 57.6 Å². The topological polar surface area (TPSA) is 69.9 Å². The maximum Gasteiger partial charge on any atom is 0.254 e. The van der Waals surface area contributed by atoms with Crippen LogP contribution in [0.4, 0.5) is 11.4 Å². The number of fused-ring (bicyclic) bond motifs is 1. The molecule has 1 fully saturated rings. The first-order valence-electron chi connectivity index (χ1n) is 8.59. The summed E-state index contributed by atoms with van der Waals surface area (Å²) in [7, 11) is 3.95. The van der Waals surface area contributed by atoms with E-state index in [0.717, 1.165) is 35.7 Å². The number of aromatic nitrogens is 4. The van der Waals surface area contributed by atoms with Gasteiger partial charge in [-0.3, -0.25) is 4.79 Å². The van der Waals surface area contributed by atoms with Crippen molar-refractivity contribution >= 4 is 22.9 Å². The van der Waals surface area contributed by atoms with Gasteiger partial charge in [0.2, 0.25) is 0 Å². The molecule has 3 heterocycles. The van der Waals surface area contributed by atoms with Gasteiger partial charge in [0.05, 0.1) is 11.9 Å². The van der Waals surface area contributed by atoms with Crippen molar-refractivity contribution in [1.29, 1.82) is 0 Å². The fourth-order valence-electron chi connectivity index (χ4n) is 3.15. The van der Waals surface area contributed by atoms with Gasteiger partial charge in [0.25, 0.3) is 5.91 Å². The minimum Gasteiger partial charge on any atom is -0.378 e. The van der Waals surface area contributed by atoms with Gasteiger partial charge in [-0.05, 0) is 18.2 Å². The number of nitrogens with zero attached hydrogens (tertiary/aromatic N) is 7. The van der Waals surface area contributed by atoms with Crippen LogP contribution in [0.25, 0.3) is 5.65 Å². The Balaban J connectivity index is 1.44. The summed E-state index contributed by atoms with van der Waals surface area (Å²) in [6.45, 7) is 2.90. The van der Waals surface area contributed by atoms with E-state index in [-0.39, 0.29) is 5.91 Å². The molecule has 0 radical (unpaired) electrons. The second-order valence-corrected chi connectivity index (χ2v) is 6.57. The predicted molar refractivity (Wildman–Crippen MR) is 99.7 cm³/mol. The second-order valence-electron chi connectivity index (χ2n) is 6.57. The Hall–Kier alpha value is -3.16. The standard InChI is InChI=1S/C18H21N7O/c1-22(2)15-5-3-4-14(10-15)18(26)24-8-6-23(7-9-24)16-11-17-21-19-13-25(17)20-12-16/h3-5,10-13H,6-9H2,1-2H3. The third-order valence-corrected chi connectivity index (χ3v) is 4.69. The SMILES string of the molecule is CN(C)c1cccc(C(=O)N2CCN(c3cnn4cnnc4c3)CC2)c1. The van der Waals surface area contributed by atoms with Crippen molar-refractivity contribution in [3.8, 4) is 0 Å². The number of carbonyl (C=O) groups is 1. The molecule has 1 aromatic carbocycles. The molecule has 4 rings (SSSR count). The van der Waals surface area contributed by atoms with Crippen LogP contribution in [0.15, 0.2) is 42.9 Å². The summed E-state index contributed by atoms with van der Waals surface area (Å²) >= 11 is 0. The summed E-state index contributed by atoms with van der Waals surface area (Å²) in [6, 6.07) is 9.72. The molecule has 0 bridgehead atoms. The fourth-order valence-corrected chi connectivity index (χ4v) is 3.15. The van der Waals surface area contributed by atoms with Gasteiger partial charge in [-0.15, -0.1) is 10.2 Å². The van der Waals surface area contributed by atoms with E-state index in [2.05, 4.69) is 20.2 Å². The van der Waals surface area contributed by atoms with Gasteiger partial charge in [0.15, 0.2) is 5.65 Å². The summed E-state index contributed by atoms with van der Waals surface area (Å²) in [6.07, 6.45) is 3.39. The van der Waals surface area contributed by atoms with Crippen LogP contribution in [0.1, 0.15) is 10.4 Å². The van der Waals surface area contributed by atoms with Crippen molar-refractivity contribution in [2.24, 2.45) is 0 Å². The number of hydrogen-bond donors (Lipinski definition) is 0. The highest BCUT2D eigenvalue weighted by atomic mass is 16.2. The lowest BCUT2D eigenvalue weighted by atomic mass is 10.1. The van der Waals surface area contributed by atoms with Crippen molar-refractivity contribution in [1.82, 2.24) is 24.7 Å².